The van der Waals surface area contributed by atoms with E-state index in [1.165, 1.54) is 6.42 Å². The van der Waals surface area contributed by atoms with Crippen molar-refractivity contribution < 1.29 is 0 Å². The van der Waals surface area contributed by atoms with E-state index in [-0.39, 0.29) is 0 Å². The molecule has 1 aromatic heterocycles. The summed E-state index contributed by atoms with van der Waals surface area (Å²) < 4.78 is 0. The Balaban J connectivity index is 2.19. The molecule has 7 heteroatoms. The van der Waals surface area contributed by atoms with Gasteiger partial charge in [0.25, 0.3) is 0 Å². The van der Waals surface area contributed by atoms with Gasteiger partial charge in [0, 0.05) is 27.2 Å². The molecule has 0 aliphatic carbocycles. The van der Waals surface area contributed by atoms with Crippen LogP contribution in [0.2, 0.25) is 0 Å². The Bertz CT molecular complexity index is 452. The van der Waals surface area contributed by atoms with Crippen LogP contribution in [0.3, 0.4) is 0 Å². The second-order valence-electron chi connectivity index (χ2n) is 5.95. The first-order chi connectivity index (χ1) is 9.47. The Hall–Kier alpha value is -1.63. The summed E-state index contributed by atoms with van der Waals surface area (Å²) in [6.45, 7) is 6.57. The van der Waals surface area contributed by atoms with Crippen LogP contribution in [0.4, 0.5) is 17.8 Å². The van der Waals surface area contributed by atoms with E-state index in [1.54, 1.807) is 0 Å². The van der Waals surface area contributed by atoms with Crippen LogP contribution in [0, 0.1) is 5.41 Å². The molecule has 3 N–H and O–H groups in total. The maximum atomic E-state index is 5.44. The number of piperidine rings is 1. The largest absolute Gasteiger partial charge is 0.347 e. The maximum absolute atomic E-state index is 5.44. The highest BCUT2D eigenvalue weighted by molar-refractivity contribution is 5.44. The number of nitrogens with two attached hydrogens (primary N) is 1. The number of hydrazine groups is 1. The lowest BCUT2D eigenvalue weighted by atomic mass is 9.78. The number of nitrogens with one attached hydrogen (secondary N) is 1. The van der Waals surface area contributed by atoms with Crippen LogP contribution in [0.5, 0.6) is 0 Å². The minimum atomic E-state index is 0.405. The Labute approximate surface area is 120 Å². The molecule has 1 saturated heterocycles. The summed E-state index contributed by atoms with van der Waals surface area (Å²) in [6, 6.07) is 0. The van der Waals surface area contributed by atoms with Gasteiger partial charge in [-0.25, -0.2) is 5.84 Å². The molecule has 0 amide bonds. The summed E-state index contributed by atoms with van der Waals surface area (Å²) in [6.07, 6.45) is 3.55. The van der Waals surface area contributed by atoms with Crippen molar-refractivity contribution in [2.75, 3.05) is 42.4 Å². The number of nitrogens with zero attached hydrogens (tertiary/aromatic N) is 5. The number of nitrogen functional groups attached to an aromatic ring is 1. The van der Waals surface area contributed by atoms with Crippen molar-refractivity contribution in [2.45, 2.75) is 33.1 Å². The predicted octanol–water partition coefficient (Wildman–Crippen LogP) is 1.24. The van der Waals surface area contributed by atoms with Gasteiger partial charge in [-0.2, -0.15) is 15.0 Å². The lowest BCUT2D eigenvalue weighted by molar-refractivity contribution is 0.237. The van der Waals surface area contributed by atoms with E-state index in [4.69, 9.17) is 5.84 Å². The summed E-state index contributed by atoms with van der Waals surface area (Å²) in [5.74, 6) is 7.17. The molecule has 0 radical (unpaired) electrons. The van der Waals surface area contributed by atoms with Crippen LogP contribution in [0.15, 0.2) is 0 Å². The first-order valence-corrected chi connectivity index (χ1v) is 7.12. The molecule has 112 valence electrons. The molecule has 0 spiro atoms. The average molecular weight is 279 g/mol. The van der Waals surface area contributed by atoms with Crippen molar-refractivity contribution in [3.05, 3.63) is 0 Å². The first-order valence-electron chi connectivity index (χ1n) is 7.12. The smallest absolute Gasteiger partial charge is 0.243 e. The lowest BCUT2D eigenvalue weighted by Gasteiger charge is -2.39. The Morgan fingerprint density at radius 2 is 1.90 bits per heavy atom. The molecule has 1 aromatic rings. The molecule has 1 aliphatic rings. The SMILES string of the molecule is CCC1(C)CCN(c2nc(NN)nc(N(C)C)n2)CC1. The lowest BCUT2D eigenvalue weighted by Crippen LogP contribution is -2.39. The quantitative estimate of drug-likeness (QED) is 0.633. The molecular formula is C13H25N7. The summed E-state index contributed by atoms with van der Waals surface area (Å²) in [5, 5.41) is 0. The van der Waals surface area contributed by atoms with E-state index in [9.17, 15) is 0 Å². The third kappa shape index (κ3) is 3.09. The Morgan fingerprint density at radius 1 is 1.25 bits per heavy atom. The fraction of sp³-hybridized carbons (Fsp3) is 0.769. The van der Waals surface area contributed by atoms with E-state index in [2.05, 4.69) is 39.1 Å². The first kappa shape index (κ1) is 14.8. The zero-order valence-corrected chi connectivity index (χ0v) is 12.8. The fourth-order valence-electron chi connectivity index (χ4n) is 2.36. The highest BCUT2D eigenvalue weighted by atomic mass is 15.4. The van der Waals surface area contributed by atoms with Crippen molar-refractivity contribution >= 4 is 17.8 Å². The van der Waals surface area contributed by atoms with Crippen LogP contribution in [0.25, 0.3) is 0 Å². The summed E-state index contributed by atoms with van der Waals surface area (Å²) in [4.78, 5) is 17.2. The molecule has 1 aliphatic heterocycles. The molecule has 20 heavy (non-hydrogen) atoms. The van der Waals surface area contributed by atoms with Gasteiger partial charge in [0.05, 0.1) is 0 Å². The Kier molecular flexibility index (Phi) is 4.27. The third-order valence-corrected chi connectivity index (χ3v) is 4.25. The normalized spacial score (nSPS) is 17.9. The van der Waals surface area contributed by atoms with Gasteiger partial charge in [0.1, 0.15) is 0 Å². The molecule has 0 aromatic carbocycles. The van der Waals surface area contributed by atoms with E-state index in [1.807, 2.05) is 19.0 Å². The molecule has 7 nitrogen and oxygen atoms in total. The third-order valence-electron chi connectivity index (χ3n) is 4.25. The monoisotopic (exact) mass is 279 g/mol. The maximum Gasteiger partial charge on any atom is 0.243 e. The van der Waals surface area contributed by atoms with Gasteiger partial charge in [-0.3, -0.25) is 5.43 Å². The highest BCUT2D eigenvalue weighted by Gasteiger charge is 2.29. The topological polar surface area (TPSA) is 83.2 Å². The molecule has 0 atom stereocenters. The predicted molar refractivity (Wildman–Crippen MR) is 81.8 cm³/mol. The van der Waals surface area contributed by atoms with Gasteiger partial charge in [-0.05, 0) is 18.3 Å². The van der Waals surface area contributed by atoms with E-state index in [0.29, 0.717) is 23.3 Å². The van der Waals surface area contributed by atoms with Gasteiger partial charge < -0.3 is 9.80 Å². The van der Waals surface area contributed by atoms with Gasteiger partial charge in [0.2, 0.25) is 17.8 Å². The standard InChI is InChI=1S/C13H25N7/c1-5-13(2)6-8-20(9-7-13)12-16-10(18-14)15-11(17-12)19(3)4/h5-9,14H2,1-4H3,(H,15,16,17,18). The number of rotatable bonds is 4. The van der Waals surface area contributed by atoms with Crippen LogP contribution in [-0.2, 0) is 0 Å². The van der Waals surface area contributed by atoms with Crippen LogP contribution in [-0.4, -0.2) is 42.1 Å². The minimum Gasteiger partial charge on any atom is -0.347 e. The van der Waals surface area contributed by atoms with Crippen molar-refractivity contribution in [1.82, 2.24) is 15.0 Å². The van der Waals surface area contributed by atoms with Crippen LogP contribution in [0.1, 0.15) is 33.1 Å². The molecular weight excluding hydrogens is 254 g/mol. The number of hydrogen-bond donors (Lipinski definition) is 2. The molecule has 0 bridgehead atoms. The molecule has 0 unspecified atom stereocenters. The van der Waals surface area contributed by atoms with Crippen molar-refractivity contribution in [3.8, 4) is 0 Å². The van der Waals surface area contributed by atoms with Crippen molar-refractivity contribution in [2.24, 2.45) is 11.3 Å². The van der Waals surface area contributed by atoms with Gasteiger partial charge in [-0.15, -0.1) is 0 Å². The average Bonchev–Trinajstić information content (AvgIpc) is 2.47. The van der Waals surface area contributed by atoms with E-state index >= 15 is 0 Å². The van der Waals surface area contributed by atoms with E-state index < -0.39 is 0 Å². The summed E-state index contributed by atoms with van der Waals surface area (Å²) in [7, 11) is 3.81. The zero-order valence-electron chi connectivity index (χ0n) is 12.8. The molecule has 1 fully saturated rings. The fourth-order valence-corrected chi connectivity index (χ4v) is 2.36. The van der Waals surface area contributed by atoms with Gasteiger partial charge >= 0.3 is 0 Å². The van der Waals surface area contributed by atoms with Crippen LogP contribution < -0.4 is 21.1 Å². The highest BCUT2D eigenvalue weighted by Crippen LogP contribution is 2.35. The molecule has 0 saturated carbocycles. The summed E-state index contributed by atoms with van der Waals surface area (Å²) in [5.41, 5.74) is 2.96. The second kappa shape index (κ2) is 5.78. The van der Waals surface area contributed by atoms with Crippen molar-refractivity contribution in [3.63, 3.8) is 0 Å². The molecule has 2 heterocycles. The van der Waals surface area contributed by atoms with Crippen molar-refractivity contribution in [1.29, 1.82) is 0 Å². The zero-order chi connectivity index (χ0) is 14.8. The number of hydrogen-bond acceptors (Lipinski definition) is 7. The Morgan fingerprint density at radius 3 is 2.40 bits per heavy atom. The molecule has 2 rings (SSSR count). The second-order valence-corrected chi connectivity index (χ2v) is 5.95. The van der Waals surface area contributed by atoms with Gasteiger partial charge in [0.15, 0.2) is 0 Å². The number of anilines is 3. The van der Waals surface area contributed by atoms with Gasteiger partial charge in [-0.1, -0.05) is 20.3 Å². The number of aromatic nitrogens is 3. The van der Waals surface area contributed by atoms with E-state index in [0.717, 1.165) is 25.9 Å². The van der Waals surface area contributed by atoms with Crippen LogP contribution >= 0.6 is 0 Å². The minimum absolute atomic E-state index is 0.405. The summed E-state index contributed by atoms with van der Waals surface area (Å²) >= 11 is 0.